The smallest absolute Gasteiger partial charge is 0.342 e. The Morgan fingerprint density at radius 3 is 2.93 bits per heavy atom. The molecule has 6 nitrogen and oxygen atoms in total. The van der Waals surface area contributed by atoms with Crippen LogP contribution in [0.2, 0.25) is 0 Å². The van der Waals surface area contributed by atoms with E-state index >= 15 is 0 Å². The number of carbonyl (C=O) groups is 1. The SMILES string of the molecule is CCOC(=O)c1cnn(C)c1S(=O)O. The van der Waals surface area contributed by atoms with E-state index in [9.17, 15) is 9.00 Å². The van der Waals surface area contributed by atoms with Gasteiger partial charge in [0.25, 0.3) is 0 Å². The van der Waals surface area contributed by atoms with E-state index < -0.39 is 17.0 Å². The highest BCUT2D eigenvalue weighted by atomic mass is 32.2. The lowest BCUT2D eigenvalue weighted by Crippen LogP contribution is -2.09. The van der Waals surface area contributed by atoms with Gasteiger partial charge in [-0.05, 0) is 6.92 Å². The number of esters is 1. The first-order valence-electron chi connectivity index (χ1n) is 3.88. The molecule has 1 aromatic heterocycles. The van der Waals surface area contributed by atoms with Crippen molar-refractivity contribution in [1.82, 2.24) is 9.78 Å². The molecule has 0 bridgehead atoms. The normalized spacial score (nSPS) is 12.5. The topological polar surface area (TPSA) is 81.4 Å². The van der Waals surface area contributed by atoms with E-state index in [1.165, 1.54) is 17.9 Å². The van der Waals surface area contributed by atoms with E-state index in [0.29, 0.717) is 0 Å². The summed E-state index contributed by atoms with van der Waals surface area (Å²) in [6, 6.07) is 0. The molecule has 1 heterocycles. The lowest BCUT2D eigenvalue weighted by Gasteiger charge is -2.01. The summed E-state index contributed by atoms with van der Waals surface area (Å²) in [5.74, 6) is -0.641. The average Bonchev–Trinajstić information content (AvgIpc) is 2.47. The zero-order valence-electron chi connectivity index (χ0n) is 7.76. The minimum Gasteiger partial charge on any atom is -0.462 e. The molecule has 1 atom stereocenters. The molecule has 1 aromatic rings. The van der Waals surface area contributed by atoms with Gasteiger partial charge in [-0.25, -0.2) is 9.00 Å². The van der Waals surface area contributed by atoms with Gasteiger partial charge in [0.1, 0.15) is 5.56 Å². The molecule has 14 heavy (non-hydrogen) atoms. The van der Waals surface area contributed by atoms with Crippen molar-refractivity contribution in [1.29, 1.82) is 0 Å². The van der Waals surface area contributed by atoms with E-state index in [0.717, 1.165) is 0 Å². The predicted octanol–water partition coefficient (Wildman–Crippen LogP) is 0.177. The molecule has 1 unspecified atom stereocenters. The molecule has 0 aliphatic carbocycles. The molecule has 1 rings (SSSR count). The predicted molar refractivity (Wildman–Crippen MR) is 48.2 cm³/mol. The molecular formula is C7H10N2O4S. The number of nitrogens with zero attached hydrogens (tertiary/aromatic N) is 2. The molecule has 0 aliphatic heterocycles. The summed E-state index contributed by atoms with van der Waals surface area (Å²) in [5.41, 5.74) is 0.0233. The van der Waals surface area contributed by atoms with Crippen molar-refractivity contribution in [3.8, 4) is 0 Å². The van der Waals surface area contributed by atoms with Crippen molar-refractivity contribution in [2.45, 2.75) is 11.9 Å². The van der Waals surface area contributed by atoms with E-state index in [1.54, 1.807) is 6.92 Å². The summed E-state index contributed by atoms with van der Waals surface area (Å²) in [4.78, 5) is 11.3. The summed E-state index contributed by atoms with van der Waals surface area (Å²) in [6.45, 7) is 1.87. The van der Waals surface area contributed by atoms with Gasteiger partial charge in [-0.15, -0.1) is 0 Å². The van der Waals surface area contributed by atoms with Crippen LogP contribution in [0.1, 0.15) is 17.3 Å². The Labute approximate surface area is 83.2 Å². The number of hydrogen-bond donors (Lipinski definition) is 1. The minimum absolute atomic E-state index is 0.0233. The average molecular weight is 218 g/mol. The highest BCUT2D eigenvalue weighted by Crippen LogP contribution is 2.12. The van der Waals surface area contributed by atoms with Gasteiger partial charge in [0.05, 0.1) is 12.8 Å². The van der Waals surface area contributed by atoms with E-state index in [4.69, 9.17) is 9.29 Å². The fourth-order valence-corrected chi connectivity index (χ4v) is 1.58. The Kier molecular flexibility index (Phi) is 3.37. The van der Waals surface area contributed by atoms with Crippen LogP contribution < -0.4 is 0 Å². The van der Waals surface area contributed by atoms with Crippen LogP contribution in [0.25, 0.3) is 0 Å². The molecule has 0 spiro atoms. The van der Waals surface area contributed by atoms with Crippen LogP contribution in [-0.2, 0) is 22.9 Å². The third-order valence-corrected chi connectivity index (χ3v) is 2.36. The first-order chi connectivity index (χ1) is 6.57. The lowest BCUT2D eigenvalue weighted by molar-refractivity contribution is 0.0521. The number of carbonyl (C=O) groups excluding carboxylic acids is 1. The summed E-state index contributed by atoms with van der Waals surface area (Å²) >= 11 is -2.25. The van der Waals surface area contributed by atoms with Crippen LogP contribution in [0.5, 0.6) is 0 Å². The number of ether oxygens (including phenoxy) is 1. The zero-order valence-corrected chi connectivity index (χ0v) is 8.58. The molecule has 7 heteroatoms. The third-order valence-electron chi connectivity index (χ3n) is 1.55. The second-order valence-electron chi connectivity index (χ2n) is 2.46. The molecule has 0 aromatic carbocycles. The molecule has 78 valence electrons. The quantitative estimate of drug-likeness (QED) is 0.578. The Morgan fingerprint density at radius 2 is 2.43 bits per heavy atom. The largest absolute Gasteiger partial charge is 0.462 e. The Balaban J connectivity index is 3.09. The van der Waals surface area contributed by atoms with Crippen molar-refractivity contribution in [3.05, 3.63) is 11.8 Å². The van der Waals surface area contributed by atoms with E-state index in [2.05, 4.69) is 5.10 Å². The van der Waals surface area contributed by atoms with E-state index in [-0.39, 0.29) is 17.2 Å². The summed E-state index contributed by atoms with van der Waals surface area (Å²) in [5, 5.41) is 3.65. The first-order valence-corrected chi connectivity index (χ1v) is 4.98. The molecule has 0 aliphatic rings. The third kappa shape index (κ3) is 1.99. The maximum Gasteiger partial charge on any atom is 0.342 e. The number of aryl methyl sites for hydroxylation is 1. The summed E-state index contributed by atoms with van der Waals surface area (Å²) in [7, 11) is 1.48. The second kappa shape index (κ2) is 4.34. The Morgan fingerprint density at radius 1 is 1.79 bits per heavy atom. The molecule has 0 saturated carbocycles. The summed E-state index contributed by atoms with van der Waals surface area (Å²) < 4.78 is 25.6. The van der Waals surface area contributed by atoms with Crippen molar-refractivity contribution >= 4 is 17.0 Å². The van der Waals surface area contributed by atoms with Crippen molar-refractivity contribution in [2.75, 3.05) is 6.61 Å². The van der Waals surface area contributed by atoms with Crippen LogP contribution in [0.4, 0.5) is 0 Å². The summed E-state index contributed by atoms with van der Waals surface area (Å²) in [6.07, 6.45) is 1.21. The maximum atomic E-state index is 11.3. The van der Waals surface area contributed by atoms with Gasteiger partial charge in [-0.3, -0.25) is 4.68 Å². The van der Waals surface area contributed by atoms with Gasteiger partial charge in [-0.2, -0.15) is 5.10 Å². The van der Waals surface area contributed by atoms with Crippen molar-refractivity contribution in [3.63, 3.8) is 0 Å². The van der Waals surface area contributed by atoms with Gasteiger partial charge < -0.3 is 9.29 Å². The fourth-order valence-electron chi connectivity index (χ4n) is 0.982. The van der Waals surface area contributed by atoms with Crippen LogP contribution >= 0.6 is 0 Å². The number of aromatic nitrogens is 2. The second-order valence-corrected chi connectivity index (χ2v) is 3.34. The van der Waals surface area contributed by atoms with Crippen LogP contribution in [0.15, 0.2) is 11.2 Å². The van der Waals surface area contributed by atoms with Gasteiger partial charge in [0.15, 0.2) is 5.03 Å². The lowest BCUT2D eigenvalue weighted by atomic mass is 10.4. The van der Waals surface area contributed by atoms with Crippen LogP contribution in [-0.4, -0.2) is 31.1 Å². The monoisotopic (exact) mass is 218 g/mol. The minimum atomic E-state index is -2.25. The highest BCUT2D eigenvalue weighted by molar-refractivity contribution is 7.79. The molecule has 0 saturated heterocycles. The van der Waals surface area contributed by atoms with Gasteiger partial charge in [0, 0.05) is 7.05 Å². The van der Waals surface area contributed by atoms with Gasteiger partial charge >= 0.3 is 5.97 Å². The van der Waals surface area contributed by atoms with Gasteiger partial charge in [0.2, 0.25) is 11.1 Å². The first kappa shape index (κ1) is 10.9. The van der Waals surface area contributed by atoms with Crippen molar-refractivity contribution < 1.29 is 18.3 Å². The zero-order chi connectivity index (χ0) is 10.7. The molecule has 0 amide bonds. The highest BCUT2D eigenvalue weighted by Gasteiger charge is 2.20. The molecule has 0 radical (unpaired) electrons. The maximum absolute atomic E-state index is 11.3. The van der Waals surface area contributed by atoms with Gasteiger partial charge in [-0.1, -0.05) is 0 Å². The van der Waals surface area contributed by atoms with E-state index in [1.807, 2.05) is 0 Å². The molecular weight excluding hydrogens is 208 g/mol. The van der Waals surface area contributed by atoms with Crippen LogP contribution in [0.3, 0.4) is 0 Å². The number of hydrogen-bond acceptors (Lipinski definition) is 4. The Hall–Kier alpha value is -1.21. The molecule has 0 fully saturated rings. The van der Waals surface area contributed by atoms with Crippen LogP contribution in [0, 0.1) is 0 Å². The standard InChI is InChI=1S/C7H10N2O4S/c1-3-13-7(10)5-4-8-9(2)6(5)14(11)12/h4H,3H2,1-2H3,(H,11,12). The fraction of sp³-hybridized carbons (Fsp3) is 0.429. The van der Waals surface area contributed by atoms with Crippen molar-refractivity contribution in [2.24, 2.45) is 7.05 Å². The molecule has 1 N–H and O–H groups in total. The Bertz CT molecular complexity index is 374. The number of rotatable bonds is 3.